The van der Waals surface area contributed by atoms with Crippen LogP contribution < -0.4 is 10.0 Å². The van der Waals surface area contributed by atoms with Gasteiger partial charge in [0.1, 0.15) is 0 Å². The lowest BCUT2D eigenvalue weighted by Gasteiger charge is -2.34. The van der Waals surface area contributed by atoms with E-state index in [4.69, 9.17) is 0 Å². The van der Waals surface area contributed by atoms with Crippen molar-refractivity contribution in [3.63, 3.8) is 0 Å². The molecule has 0 unspecified atom stereocenters. The summed E-state index contributed by atoms with van der Waals surface area (Å²) in [6.45, 7) is 8.35. The molecule has 1 rings (SSSR count). The van der Waals surface area contributed by atoms with Crippen LogP contribution in [0.15, 0.2) is 0 Å². The van der Waals surface area contributed by atoms with E-state index in [1.165, 1.54) is 51.9 Å². The Kier molecular flexibility index (Phi) is 8.29. The Balaban J connectivity index is 2.22. The Labute approximate surface area is 105 Å². The maximum Gasteiger partial charge on any atom is 0.0119 e. The Morgan fingerprint density at radius 1 is 1.31 bits per heavy atom. The zero-order valence-corrected chi connectivity index (χ0v) is 11.6. The molecule has 0 saturated carbocycles. The van der Waals surface area contributed by atoms with Gasteiger partial charge in [0.05, 0.1) is 0 Å². The topological polar surface area (TPSA) is 27.3 Å². The molecule has 16 heavy (non-hydrogen) atoms. The fraction of sp³-hybridized carbons (Fsp3) is 1.00. The van der Waals surface area contributed by atoms with Crippen LogP contribution in [0.5, 0.6) is 0 Å². The molecule has 0 aromatic carbocycles. The second-order valence-corrected chi connectivity index (χ2v) is 5.17. The van der Waals surface area contributed by atoms with E-state index in [0.717, 1.165) is 12.6 Å². The number of rotatable bonds is 8. The first kappa shape index (κ1) is 14.3. The SMILES string of the molecule is CCCN(CCCNSC)C1CCNCC1. The molecule has 0 spiro atoms. The zero-order valence-electron chi connectivity index (χ0n) is 10.8. The van der Waals surface area contributed by atoms with Crippen LogP contribution >= 0.6 is 11.9 Å². The van der Waals surface area contributed by atoms with Crippen LogP contribution in [0.1, 0.15) is 32.6 Å². The van der Waals surface area contributed by atoms with Crippen LogP contribution in [-0.4, -0.2) is 49.9 Å². The van der Waals surface area contributed by atoms with Crippen molar-refractivity contribution in [2.75, 3.05) is 39.0 Å². The average molecular weight is 245 g/mol. The van der Waals surface area contributed by atoms with Gasteiger partial charge >= 0.3 is 0 Å². The van der Waals surface area contributed by atoms with Crippen molar-refractivity contribution < 1.29 is 0 Å². The number of hydrogen-bond donors (Lipinski definition) is 2. The first-order valence-electron chi connectivity index (χ1n) is 6.59. The number of nitrogens with one attached hydrogen (secondary N) is 2. The standard InChI is InChI=1S/C12H27N3S/c1-3-10-15(11-4-7-14-16-2)12-5-8-13-9-6-12/h12-14H,3-11H2,1-2H3. The number of piperidine rings is 1. The first-order valence-corrected chi connectivity index (χ1v) is 7.81. The monoisotopic (exact) mass is 245 g/mol. The van der Waals surface area contributed by atoms with E-state index >= 15 is 0 Å². The summed E-state index contributed by atoms with van der Waals surface area (Å²) in [5, 5.41) is 3.45. The zero-order chi connectivity index (χ0) is 11.6. The summed E-state index contributed by atoms with van der Waals surface area (Å²) < 4.78 is 3.33. The van der Waals surface area contributed by atoms with Crippen molar-refractivity contribution in [1.29, 1.82) is 0 Å². The molecule has 1 fully saturated rings. The molecule has 3 nitrogen and oxygen atoms in total. The third-order valence-electron chi connectivity index (χ3n) is 3.20. The summed E-state index contributed by atoms with van der Waals surface area (Å²) in [6, 6.07) is 0.829. The highest BCUT2D eigenvalue weighted by Gasteiger charge is 2.19. The van der Waals surface area contributed by atoms with Gasteiger partial charge in [0.25, 0.3) is 0 Å². The molecule has 0 aliphatic carbocycles. The van der Waals surface area contributed by atoms with Crippen LogP contribution in [-0.2, 0) is 0 Å². The normalized spacial score (nSPS) is 18.2. The smallest absolute Gasteiger partial charge is 0.0119 e. The largest absolute Gasteiger partial charge is 0.317 e. The van der Waals surface area contributed by atoms with Gasteiger partial charge < -0.3 is 10.2 Å². The van der Waals surface area contributed by atoms with Crippen molar-refractivity contribution in [1.82, 2.24) is 14.9 Å². The van der Waals surface area contributed by atoms with Gasteiger partial charge in [0.2, 0.25) is 0 Å². The molecule has 1 aliphatic rings. The van der Waals surface area contributed by atoms with E-state index in [-0.39, 0.29) is 0 Å². The highest BCUT2D eigenvalue weighted by molar-refractivity contribution is 7.96. The molecule has 0 atom stereocenters. The fourth-order valence-corrected chi connectivity index (χ4v) is 2.74. The molecular weight excluding hydrogens is 218 g/mol. The van der Waals surface area contributed by atoms with Crippen molar-refractivity contribution in [3.8, 4) is 0 Å². The molecule has 2 N–H and O–H groups in total. The number of nitrogens with zero attached hydrogens (tertiary/aromatic N) is 1. The second-order valence-electron chi connectivity index (χ2n) is 4.47. The molecule has 0 bridgehead atoms. The van der Waals surface area contributed by atoms with Crippen molar-refractivity contribution in [2.24, 2.45) is 0 Å². The molecule has 0 radical (unpaired) electrons. The van der Waals surface area contributed by atoms with Gasteiger partial charge in [-0.3, -0.25) is 4.72 Å². The minimum Gasteiger partial charge on any atom is -0.317 e. The Morgan fingerprint density at radius 2 is 2.06 bits per heavy atom. The Hall–Kier alpha value is 0.230. The van der Waals surface area contributed by atoms with Gasteiger partial charge in [0, 0.05) is 12.6 Å². The molecule has 0 aromatic heterocycles. The minimum atomic E-state index is 0.829. The number of hydrogen-bond acceptors (Lipinski definition) is 4. The van der Waals surface area contributed by atoms with Crippen LogP contribution in [0.4, 0.5) is 0 Å². The maximum atomic E-state index is 3.45. The molecule has 0 amide bonds. The van der Waals surface area contributed by atoms with E-state index in [1.807, 2.05) is 0 Å². The van der Waals surface area contributed by atoms with E-state index < -0.39 is 0 Å². The summed E-state index contributed by atoms with van der Waals surface area (Å²) in [4.78, 5) is 2.70. The molecule has 96 valence electrons. The lowest BCUT2D eigenvalue weighted by atomic mass is 10.0. The Morgan fingerprint density at radius 3 is 2.69 bits per heavy atom. The van der Waals surface area contributed by atoms with Crippen LogP contribution in [0.3, 0.4) is 0 Å². The molecule has 1 heterocycles. The molecule has 0 aromatic rings. The third-order valence-corrected chi connectivity index (χ3v) is 3.70. The van der Waals surface area contributed by atoms with Crippen LogP contribution in [0.25, 0.3) is 0 Å². The predicted molar refractivity (Wildman–Crippen MR) is 73.9 cm³/mol. The van der Waals surface area contributed by atoms with Crippen molar-refractivity contribution >= 4 is 11.9 Å². The maximum absolute atomic E-state index is 3.45. The lowest BCUT2D eigenvalue weighted by Crippen LogP contribution is -2.44. The van der Waals surface area contributed by atoms with Crippen molar-refractivity contribution in [2.45, 2.75) is 38.6 Å². The van der Waals surface area contributed by atoms with Crippen LogP contribution in [0.2, 0.25) is 0 Å². The van der Waals surface area contributed by atoms with E-state index in [9.17, 15) is 0 Å². The predicted octanol–water partition coefficient (Wildman–Crippen LogP) is 1.71. The highest BCUT2D eigenvalue weighted by atomic mass is 32.2. The summed E-state index contributed by atoms with van der Waals surface area (Å²) >= 11 is 1.72. The minimum absolute atomic E-state index is 0.829. The summed E-state index contributed by atoms with van der Waals surface area (Å²) in [5.74, 6) is 0. The molecular formula is C12H27N3S. The molecule has 1 saturated heterocycles. The summed E-state index contributed by atoms with van der Waals surface area (Å²) in [6.07, 6.45) is 7.30. The van der Waals surface area contributed by atoms with E-state index in [2.05, 4.69) is 28.1 Å². The summed E-state index contributed by atoms with van der Waals surface area (Å²) in [5.41, 5.74) is 0. The van der Waals surface area contributed by atoms with E-state index in [1.54, 1.807) is 11.9 Å². The van der Waals surface area contributed by atoms with Gasteiger partial charge in [-0.1, -0.05) is 18.9 Å². The second kappa shape index (κ2) is 9.28. The van der Waals surface area contributed by atoms with Gasteiger partial charge in [-0.05, 0) is 58.1 Å². The highest BCUT2D eigenvalue weighted by Crippen LogP contribution is 2.12. The first-order chi connectivity index (χ1) is 7.88. The lowest BCUT2D eigenvalue weighted by molar-refractivity contribution is 0.161. The van der Waals surface area contributed by atoms with Gasteiger partial charge in [0.15, 0.2) is 0 Å². The van der Waals surface area contributed by atoms with Gasteiger partial charge in [-0.15, -0.1) is 0 Å². The Bertz CT molecular complexity index is 160. The molecule has 4 heteroatoms. The van der Waals surface area contributed by atoms with Gasteiger partial charge in [-0.25, -0.2) is 0 Å². The van der Waals surface area contributed by atoms with Crippen LogP contribution in [0, 0.1) is 0 Å². The van der Waals surface area contributed by atoms with Crippen molar-refractivity contribution in [3.05, 3.63) is 0 Å². The quantitative estimate of drug-likeness (QED) is 0.503. The van der Waals surface area contributed by atoms with E-state index in [0.29, 0.717) is 0 Å². The van der Waals surface area contributed by atoms with Gasteiger partial charge in [-0.2, -0.15) is 0 Å². The summed E-state index contributed by atoms with van der Waals surface area (Å²) in [7, 11) is 0. The molecule has 1 aliphatic heterocycles. The fourth-order valence-electron chi connectivity index (χ4n) is 2.39. The average Bonchev–Trinajstić information content (AvgIpc) is 2.34. The third kappa shape index (κ3) is 5.53.